The molecule has 0 bridgehead atoms. The summed E-state index contributed by atoms with van der Waals surface area (Å²) in [5, 5.41) is 3.83. The summed E-state index contributed by atoms with van der Waals surface area (Å²) in [5.41, 5.74) is 9.48. The SMILES string of the molecule is CC[Si](CC)(CC)Oc1ccc(CCC(C)(C)N=[N+]=[N-])cc1. The minimum Gasteiger partial charge on any atom is -0.544 e. The molecular weight excluding hydrogens is 290 g/mol. The second-order valence-electron chi connectivity index (χ2n) is 6.49. The van der Waals surface area contributed by atoms with Crippen LogP contribution in [0.1, 0.15) is 46.6 Å². The third-order valence-corrected chi connectivity index (χ3v) is 9.07. The van der Waals surface area contributed by atoms with E-state index in [0.29, 0.717) is 0 Å². The quantitative estimate of drug-likeness (QED) is 0.235. The van der Waals surface area contributed by atoms with E-state index in [4.69, 9.17) is 9.96 Å². The van der Waals surface area contributed by atoms with Crippen LogP contribution in [-0.4, -0.2) is 13.9 Å². The van der Waals surface area contributed by atoms with Gasteiger partial charge in [0, 0.05) is 10.5 Å². The smallest absolute Gasteiger partial charge is 0.250 e. The third-order valence-electron chi connectivity index (χ3n) is 4.53. The van der Waals surface area contributed by atoms with E-state index in [0.717, 1.165) is 36.7 Å². The first kappa shape index (κ1) is 18.6. The molecule has 0 unspecified atom stereocenters. The van der Waals surface area contributed by atoms with Crippen molar-refractivity contribution in [3.63, 3.8) is 0 Å². The lowest BCUT2D eigenvalue weighted by Crippen LogP contribution is -2.39. The Labute approximate surface area is 135 Å². The molecule has 0 amide bonds. The van der Waals surface area contributed by atoms with Gasteiger partial charge in [0.25, 0.3) is 0 Å². The zero-order chi connectivity index (χ0) is 16.6. The van der Waals surface area contributed by atoms with Crippen LogP contribution in [0.25, 0.3) is 10.4 Å². The standard InChI is InChI=1S/C17H29N3OSi/c1-6-22(7-2,8-3)21-16-11-9-15(10-12-16)13-14-17(4,5)19-20-18/h9-12H,6-8,13-14H2,1-5H3. The van der Waals surface area contributed by atoms with Crippen LogP contribution in [0.3, 0.4) is 0 Å². The zero-order valence-corrected chi connectivity index (χ0v) is 15.6. The first-order chi connectivity index (χ1) is 10.4. The Balaban J connectivity index is 2.69. The maximum absolute atomic E-state index is 8.56. The zero-order valence-electron chi connectivity index (χ0n) is 14.6. The van der Waals surface area contributed by atoms with Crippen LogP contribution in [0.5, 0.6) is 5.75 Å². The maximum atomic E-state index is 8.56. The Bertz CT molecular complexity index is 495. The molecule has 0 aliphatic rings. The number of rotatable bonds is 9. The molecule has 0 spiro atoms. The van der Waals surface area contributed by atoms with Gasteiger partial charge in [0.2, 0.25) is 8.32 Å². The van der Waals surface area contributed by atoms with Gasteiger partial charge >= 0.3 is 0 Å². The van der Waals surface area contributed by atoms with Crippen LogP contribution in [-0.2, 0) is 6.42 Å². The first-order valence-electron chi connectivity index (χ1n) is 8.24. The fourth-order valence-electron chi connectivity index (χ4n) is 2.56. The van der Waals surface area contributed by atoms with Crippen molar-refractivity contribution in [2.75, 3.05) is 0 Å². The summed E-state index contributed by atoms with van der Waals surface area (Å²) in [6.07, 6.45) is 1.75. The molecule has 0 saturated carbocycles. The summed E-state index contributed by atoms with van der Waals surface area (Å²) in [7, 11) is -1.59. The van der Waals surface area contributed by atoms with E-state index in [1.54, 1.807) is 0 Å². The van der Waals surface area contributed by atoms with Crippen molar-refractivity contribution in [2.24, 2.45) is 5.11 Å². The molecule has 0 aromatic heterocycles. The summed E-state index contributed by atoms with van der Waals surface area (Å²) in [6.45, 7) is 10.7. The predicted octanol–water partition coefficient (Wildman–Crippen LogP) is 6.09. The molecule has 4 nitrogen and oxygen atoms in total. The van der Waals surface area contributed by atoms with E-state index >= 15 is 0 Å². The normalized spacial score (nSPS) is 11.9. The van der Waals surface area contributed by atoms with E-state index < -0.39 is 8.32 Å². The molecule has 0 heterocycles. The Morgan fingerprint density at radius 2 is 1.64 bits per heavy atom. The van der Waals surface area contributed by atoms with Crippen molar-refractivity contribution in [3.05, 3.63) is 40.3 Å². The highest BCUT2D eigenvalue weighted by Gasteiger charge is 2.30. The van der Waals surface area contributed by atoms with Crippen molar-refractivity contribution < 1.29 is 4.43 Å². The average molecular weight is 320 g/mol. The molecule has 5 heteroatoms. The van der Waals surface area contributed by atoms with Gasteiger partial charge in [0.05, 0.1) is 0 Å². The van der Waals surface area contributed by atoms with Crippen molar-refractivity contribution in [1.82, 2.24) is 0 Å². The molecule has 1 aromatic carbocycles. The van der Waals surface area contributed by atoms with Gasteiger partial charge < -0.3 is 4.43 Å². The van der Waals surface area contributed by atoms with Crippen LogP contribution in [0.2, 0.25) is 18.1 Å². The third kappa shape index (κ3) is 5.39. The molecular formula is C17H29N3OSi. The molecule has 122 valence electrons. The second kappa shape index (κ2) is 8.25. The van der Waals surface area contributed by atoms with Gasteiger partial charge in [-0.25, -0.2) is 0 Å². The van der Waals surface area contributed by atoms with Crippen molar-refractivity contribution in [3.8, 4) is 5.75 Å². The van der Waals surface area contributed by atoms with Gasteiger partial charge in [0.15, 0.2) is 0 Å². The van der Waals surface area contributed by atoms with Gasteiger partial charge in [-0.1, -0.05) is 51.9 Å². The lowest BCUT2D eigenvalue weighted by Gasteiger charge is -2.29. The van der Waals surface area contributed by atoms with Gasteiger partial charge in [-0.05, 0) is 54.2 Å². The Hall–Kier alpha value is -1.45. The minimum atomic E-state index is -1.59. The molecule has 0 saturated heterocycles. The van der Waals surface area contributed by atoms with E-state index in [9.17, 15) is 0 Å². The summed E-state index contributed by atoms with van der Waals surface area (Å²) in [4.78, 5) is 2.91. The molecule has 0 atom stereocenters. The van der Waals surface area contributed by atoms with Gasteiger partial charge in [-0.3, -0.25) is 0 Å². The predicted molar refractivity (Wildman–Crippen MR) is 95.8 cm³/mol. The van der Waals surface area contributed by atoms with E-state index in [1.165, 1.54) is 5.56 Å². The van der Waals surface area contributed by atoms with Gasteiger partial charge in [-0.15, -0.1) is 0 Å². The highest BCUT2D eigenvalue weighted by molar-refractivity contribution is 6.74. The highest BCUT2D eigenvalue weighted by atomic mass is 28.4. The van der Waals surface area contributed by atoms with Gasteiger partial charge in [-0.2, -0.15) is 0 Å². The Morgan fingerprint density at radius 1 is 1.09 bits per heavy atom. The fourth-order valence-corrected chi connectivity index (χ4v) is 5.13. The molecule has 0 fully saturated rings. The Morgan fingerprint density at radius 3 is 2.09 bits per heavy atom. The molecule has 1 rings (SSSR count). The topological polar surface area (TPSA) is 58.0 Å². The van der Waals surface area contributed by atoms with Crippen LogP contribution in [0.15, 0.2) is 29.4 Å². The van der Waals surface area contributed by atoms with Crippen LogP contribution in [0, 0.1) is 0 Å². The lowest BCUT2D eigenvalue weighted by atomic mass is 9.96. The summed E-state index contributed by atoms with van der Waals surface area (Å²) < 4.78 is 6.36. The minimum absolute atomic E-state index is 0.335. The molecule has 0 radical (unpaired) electrons. The molecule has 22 heavy (non-hydrogen) atoms. The lowest BCUT2D eigenvalue weighted by molar-refractivity contribution is 0.474. The largest absolute Gasteiger partial charge is 0.544 e. The first-order valence-corrected chi connectivity index (χ1v) is 10.8. The number of hydrogen-bond donors (Lipinski definition) is 0. The van der Waals surface area contributed by atoms with E-state index in [2.05, 4.69) is 55.1 Å². The van der Waals surface area contributed by atoms with Crippen LogP contribution < -0.4 is 4.43 Å². The second-order valence-corrected chi connectivity index (χ2v) is 11.2. The highest BCUT2D eigenvalue weighted by Crippen LogP contribution is 2.26. The fraction of sp³-hybridized carbons (Fsp3) is 0.647. The van der Waals surface area contributed by atoms with Crippen LogP contribution in [0.4, 0.5) is 0 Å². The number of azide groups is 1. The number of nitrogens with zero attached hydrogens (tertiary/aromatic N) is 3. The van der Waals surface area contributed by atoms with Gasteiger partial charge in [0.1, 0.15) is 5.75 Å². The monoisotopic (exact) mass is 319 g/mol. The summed E-state index contributed by atoms with van der Waals surface area (Å²) in [5.74, 6) is 0.996. The molecule has 0 N–H and O–H groups in total. The van der Waals surface area contributed by atoms with E-state index in [1.807, 2.05) is 13.8 Å². The van der Waals surface area contributed by atoms with Crippen molar-refractivity contribution >= 4 is 8.32 Å². The molecule has 1 aromatic rings. The summed E-state index contributed by atoms with van der Waals surface area (Å²) >= 11 is 0. The molecule has 0 aliphatic heterocycles. The molecule has 0 aliphatic carbocycles. The number of aryl methyl sites for hydroxylation is 1. The number of benzene rings is 1. The van der Waals surface area contributed by atoms with Crippen molar-refractivity contribution in [1.29, 1.82) is 0 Å². The summed E-state index contributed by atoms with van der Waals surface area (Å²) in [6, 6.07) is 11.9. The van der Waals surface area contributed by atoms with Crippen molar-refractivity contribution in [2.45, 2.75) is 71.1 Å². The maximum Gasteiger partial charge on any atom is 0.250 e. The average Bonchev–Trinajstić information content (AvgIpc) is 2.52. The number of hydrogen-bond acceptors (Lipinski definition) is 2. The Kier molecular flexibility index (Phi) is 6.97. The van der Waals surface area contributed by atoms with Crippen LogP contribution >= 0.6 is 0 Å². The van der Waals surface area contributed by atoms with E-state index in [-0.39, 0.29) is 5.54 Å².